The van der Waals surface area contributed by atoms with E-state index in [1.165, 1.54) is 5.69 Å². The molecule has 1 aliphatic heterocycles. The van der Waals surface area contributed by atoms with Crippen molar-refractivity contribution in [1.82, 2.24) is 10.2 Å². The van der Waals surface area contributed by atoms with E-state index >= 15 is 0 Å². The maximum atomic E-state index is 12.0. The monoisotopic (exact) mass is 388 g/mol. The summed E-state index contributed by atoms with van der Waals surface area (Å²) in [6.07, 6.45) is 0. The Kier molecular flexibility index (Phi) is 6.79. The highest BCUT2D eigenvalue weighted by Crippen LogP contribution is 2.21. The molecule has 2 amide bonds. The number of amides is 2. The van der Waals surface area contributed by atoms with E-state index in [0.29, 0.717) is 17.3 Å². The Morgan fingerprint density at radius 2 is 1.78 bits per heavy atom. The first kappa shape index (κ1) is 19.3. The Hall–Kier alpha value is -2.44. The van der Waals surface area contributed by atoms with Crippen molar-refractivity contribution < 1.29 is 9.53 Å². The van der Waals surface area contributed by atoms with Crippen LogP contribution in [0.4, 0.5) is 16.2 Å². The number of urea groups is 1. The predicted molar refractivity (Wildman–Crippen MR) is 110 cm³/mol. The largest absolute Gasteiger partial charge is 0.497 e. The lowest BCUT2D eigenvalue weighted by Gasteiger charge is -2.36. The van der Waals surface area contributed by atoms with Crippen molar-refractivity contribution in [3.05, 3.63) is 53.6 Å². The molecule has 0 bridgehead atoms. The summed E-state index contributed by atoms with van der Waals surface area (Å²) in [4.78, 5) is 16.7. The second kappa shape index (κ2) is 9.48. The second-order valence-corrected chi connectivity index (χ2v) is 6.79. The van der Waals surface area contributed by atoms with Gasteiger partial charge in [0, 0.05) is 45.0 Å². The first-order valence-corrected chi connectivity index (χ1v) is 9.44. The molecule has 7 heteroatoms. The van der Waals surface area contributed by atoms with Crippen molar-refractivity contribution in [1.29, 1.82) is 0 Å². The van der Waals surface area contributed by atoms with Crippen LogP contribution in [0.2, 0.25) is 5.02 Å². The highest BCUT2D eigenvalue weighted by atomic mass is 35.5. The van der Waals surface area contributed by atoms with Crippen LogP contribution in [0.1, 0.15) is 0 Å². The van der Waals surface area contributed by atoms with E-state index < -0.39 is 0 Å². The summed E-state index contributed by atoms with van der Waals surface area (Å²) in [6.45, 7) is 5.31. The zero-order valence-electron chi connectivity index (χ0n) is 15.5. The molecule has 0 radical (unpaired) electrons. The third kappa shape index (κ3) is 5.52. The summed E-state index contributed by atoms with van der Waals surface area (Å²) < 4.78 is 5.21. The number of hydrogen-bond acceptors (Lipinski definition) is 4. The van der Waals surface area contributed by atoms with Gasteiger partial charge in [-0.3, -0.25) is 4.90 Å². The van der Waals surface area contributed by atoms with Gasteiger partial charge in [-0.1, -0.05) is 23.7 Å². The minimum absolute atomic E-state index is 0.236. The van der Waals surface area contributed by atoms with Crippen LogP contribution in [0.5, 0.6) is 5.75 Å². The number of benzene rings is 2. The molecule has 6 nitrogen and oxygen atoms in total. The van der Waals surface area contributed by atoms with Crippen molar-refractivity contribution in [3.63, 3.8) is 0 Å². The number of anilines is 2. The highest BCUT2D eigenvalue weighted by Gasteiger charge is 2.17. The Balaban J connectivity index is 1.37. The van der Waals surface area contributed by atoms with Gasteiger partial charge in [-0.05, 0) is 36.4 Å². The Labute approximate surface area is 165 Å². The first-order valence-electron chi connectivity index (χ1n) is 9.06. The number of hydrogen-bond donors (Lipinski definition) is 2. The fraction of sp³-hybridized carbons (Fsp3) is 0.350. The fourth-order valence-electron chi connectivity index (χ4n) is 3.08. The number of methoxy groups -OCH3 is 1. The van der Waals surface area contributed by atoms with Crippen LogP contribution in [-0.2, 0) is 0 Å². The molecule has 144 valence electrons. The van der Waals surface area contributed by atoms with E-state index in [-0.39, 0.29) is 6.03 Å². The molecule has 2 aromatic carbocycles. The number of piperazine rings is 1. The van der Waals surface area contributed by atoms with Gasteiger partial charge < -0.3 is 20.3 Å². The van der Waals surface area contributed by atoms with E-state index in [1.807, 2.05) is 24.3 Å². The minimum atomic E-state index is -0.236. The van der Waals surface area contributed by atoms with Crippen LogP contribution in [0.3, 0.4) is 0 Å². The lowest BCUT2D eigenvalue weighted by Crippen LogP contribution is -2.48. The van der Waals surface area contributed by atoms with Gasteiger partial charge in [0.15, 0.2) is 0 Å². The molecule has 1 heterocycles. The van der Waals surface area contributed by atoms with Crippen molar-refractivity contribution in [2.45, 2.75) is 0 Å². The molecule has 1 aliphatic rings. The van der Waals surface area contributed by atoms with Gasteiger partial charge in [-0.15, -0.1) is 0 Å². The van der Waals surface area contributed by atoms with Crippen LogP contribution < -0.4 is 20.3 Å². The fourth-order valence-corrected chi connectivity index (χ4v) is 3.26. The number of ether oxygens (including phenoxy) is 1. The quantitative estimate of drug-likeness (QED) is 0.797. The molecule has 1 saturated heterocycles. The van der Waals surface area contributed by atoms with Crippen molar-refractivity contribution >= 4 is 29.0 Å². The highest BCUT2D eigenvalue weighted by molar-refractivity contribution is 6.33. The number of carbonyl (C=O) groups is 1. The number of halogens is 1. The van der Waals surface area contributed by atoms with Crippen LogP contribution in [0, 0.1) is 0 Å². The van der Waals surface area contributed by atoms with Gasteiger partial charge in [0.2, 0.25) is 0 Å². The van der Waals surface area contributed by atoms with E-state index in [0.717, 1.165) is 38.5 Å². The number of carbonyl (C=O) groups excluding carboxylic acids is 1. The summed E-state index contributed by atoms with van der Waals surface area (Å²) in [5.74, 6) is 0.874. The molecule has 2 N–H and O–H groups in total. The minimum Gasteiger partial charge on any atom is -0.497 e. The van der Waals surface area contributed by atoms with Crippen molar-refractivity contribution in [2.75, 3.05) is 56.6 Å². The molecule has 3 rings (SSSR count). The molecule has 0 atom stereocenters. The van der Waals surface area contributed by atoms with Crippen molar-refractivity contribution in [3.8, 4) is 5.75 Å². The molecule has 0 aliphatic carbocycles. The molecule has 1 fully saturated rings. The maximum Gasteiger partial charge on any atom is 0.319 e. The normalized spacial score (nSPS) is 14.7. The van der Waals surface area contributed by atoms with Crippen LogP contribution in [-0.4, -0.2) is 57.3 Å². The smallest absolute Gasteiger partial charge is 0.319 e. The Morgan fingerprint density at radius 1 is 1.07 bits per heavy atom. The van der Waals surface area contributed by atoms with E-state index in [2.05, 4.69) is 32.6 Å². The third-order valence-electron chi connectivity index (χ3n) is 4.65. The summed E-state index contributed by atoms with van der Waals surface area (Å²) >= 11 is 6.04. The SMILES string of the molecule is COc1ccc(N2CCN(CCNC(=O)Nc3ccccc3Cl)CC2)cc1. The lowest BCUT2D eigenvalue weighted by molar-refractivity contribution is 0.240. The van der Waals surface area contributed by atoms with Gasteiger partial charge in [0.05, 0.1) is 17.8 Å². The third-order valence-corrected chi connectivity index (χ3v) is 4.98. The lowest BCUT2D eigenvalue weighted by atomic mass is 10.2. The molecule has 0 saturated carbocycles. The number of para-hydroxylation sites is 1. The maximum absolute atomic E-state index is 12.0. The molecular weight excluding hydrogens is 364 g/mol. The van der Waals surface area contributed by atoms with Gasteiger partial charge in [-0.25, -0.2) is 4.79 Å². The van der Waals surface area contributed by atoms with Gasteiger partial charge in [0.1, 0.15) is 5.75 Å². The molecule has 27 heavy (non-hydrogen) atoms. The Bertz CT molecular complexity index is 746. The molecule has 0 unspecified atom stereocenters. The summed E-state index contributed by atoms with van der Waals surface area (Å²) in [6, 6.07) is 15.1. The van der Waals surface area contributed by atoms with E-state index in [1.54, 1.807) is 19.2 Å². The van der Waals surface area contributed by atoms with Crippen LogP contribution >= 0.6 is 11.6 Å². The average Bonchev–Trinajstić information content (AvgIpc) is 2.70. The van der Waals surface area contributed by atoms with Crippen LogP contribution in [0.15, 0.2) is 48.5 Å². The van der Waals surface area contributed by atoms with E-state index in [4.69, 9.17) is 16.3 Å². The summed E-state index contributed by atoms with van der Waals surface area (Å²) in [5.41, 5.74) is 1.83. The topological polar surface area (TPSA) is 56.8 Å². The molecule has 2 aromatic rings. The summed E-state index contributed by atoms with van der Waals surface area (Å²) in [5, 5.41) is 6.18. The molecular formula is C20H25ClN4O2. The van der Waals surface area contributed by atoms with Gasteiger partial charge in [-0.2, -0.15) is 0 Å². The number of rotatable bonds is 6. The molecule has 0 spiro atoms. The standard InChI is InChI=1S/C20H25ClN4O2/c1-27-17-8-6-16(7-9-17)25-14-12-24(13-15-25)11-10-22-20(26)23-19-5-3-2-4-18(19)21/h2-9H,10-15H2,1H3,(H2,22,23,26). The Morgan fingerprint density at radius 3 is 2.44 bits per heavy atom. The first-order chi connectivity index (χ1) is 13.2. The van der Waals surface area contributed by atoms with Crippen molar-refractivity contribution in [2.24, 2.45) is 0 Å². The van der Waals surface area contributed by atoms with Gasteiger partial charge >= 0.3 is 6.03 Å². The summed E-state index contributed by atoms with van der Waals surface area (Å²) in [7, 11) is 1.68. The average molecular weight is 389 g/mol. The van der Waals surface area contributed by atoms with E-state index in [9.17, 15) is 4.79 Å². The molecule has 0 aromatic heterocycles. The zero-order chi connectivity index (χ0) is 19.1. The zero-order valence-corrected chi connectivity index (χ0v) is 16.2. The second-order valence-electron chi connectivity index (χ2n) is 6.39. The predicted octanol–water partition coefficient (Wildman–Crippen LogP) is 3.29. The van der Waals surface area contributed by atoms with Gasteiger partial charge in [0.25, 0.3) is 0 Å². The number of nitrogens with one attached hydrogen (secondary N) is 2. The number of nitrogens with zero attached hydrogens (tertiary/aromatic N) is 2. The van der Waals surface area contributed by atoms with Crippen LogP contribution in [0.25, 0.3) is 0 Å².